The molecule has 1 aliphatic heterocycles. The Bertz CT molecular complexity index is 186. The topological polar surface area (TPSA) is 18.5 Å². The van der Waals surface area contributed by atoms with E-state index in [1.54, 1.807) is 0 Å². The van der Waals surface area contributed by atoms with E-state index in [9.17, 15) is 0 Å². The summed E-state index contributed by atoms with van der Waals surface area (Å²) in [6, 6.07) is 0. The average molecular weight is 170 g/mol. The fourth-order valence-corrected chi connectivity index (χ4v) is 1.74. The molecule has 1 heterocycles. The highest BCUT2D eigenvalue weighted by Gasteiger charge is 2.47. The molecule has 0 aromatic rings. The Kier molecular flexibility index (Phi) is 2.32. The second kappa shape index (κ2) is 2.86. The van der Waals surface area contributed by atoms with Gasteiger partial charge in [-0.15, -0.1) is 6.58 Å². The Morgan fingerprint density at radius 3 is 2.33 bits per heavy atom. The lowest BCUT2D eigenvalue weighted by Gasteiger charge is -2.24. The van der Waals surface area contributed by atoms with E-state index in [0.29, 0.717) is 0 Å². The predicted molar refractivity (Wildman–Crippen MR) is 48.9 cm³/mol. The number of hydrogen-bond acceptors (Lipinski definition) is 2. The third-order valence-electron chi connectivity index (χ3n) is 2.31. The lowest BCUT2D eigenvalue weighted by Crippen LogP contribution is -2.33. The lowest BCUT2D eigenvalue weighted by molar-refractivity contribution is -0.153. The van der Waals surface area contributed by atoms with Crippen LogP contribution in [-0.4, -0.2) is 17.5 Å². The van der Waals surface area contributed by atoms with E-state index in [1.165, 1.54) is 0 Å². The quantitative estimate of drug-likeness (QED) is 0.593. The van der Waals surface area contributed by atoms with Gasteiger partial charge in [0.25, 0.3) is 0 Å². The van der Waals surface area contributed by atoms with Gasteiger partial charge in [-0.05, 0) is 27.2 Å². The van der Waals surface area contributed by atoms with E-state index in [4.69, 9.17) is 9.47 Å². The first kappa shape index (κ1) is 9.75. The summed E-state index contributed by atoms with van der Waals surface area (Å²) in [6.45, 7) is 11.8. The molecule has 1 saturated heterocycles. The van der Waals surface area contributed by atoms with Crippen molar-refractivity contribution in [3.05, 3.63) is 12.7 Å². The van der Waals surface area contributed by atoms with Crippen molar-refractivity contribution in [2.45, 2.75) is 51.6 Å². The van der Waals surface area contributed by atoms with Crippen LogP contribution in [-0.2, 0) is 9.47 Å². The number of hydrogen-bond donors (Lipinski definition) is 0. The molecule has 0 unspecified atom stereocenters. The Morgan fingerprint density at radius 2 is 2.00 bits per heavy atom. The van der Waals surface area contributed by atoms with Gasteiger partial charge >= 0.3 is 0 Å². The SMILES string of the molecule is C=C[C@]1(C)OC(C)(C)O[C@@H]1CC. The zero-order valence-electron chi connectivity index (χ0n) is 8.39. The molecular formula is C10H18O2. The van der Waals surface area contributed by atoms with Crippen molar-refractivity contribution in [1.82, 2.24) is 0 Å². The minimum absolute atomic E-state index is 0.130. The van der Waals surface area contributed by atoms with Gasteiger partial charge in [0.2, 0.25) is 0 Å². The van der Waals surface area contributed by atoms with Crippen LogP contribution < -0.4 is 0 Å². The van der Waals surface area contributed by atoms with Crippen molar-refractivity contribution in [1.29, 1.82) is 0 Å². The van der Waals surface area contributed by atoms with Gasteiger partial charge in [-0.1, -0.05) is 13.0 Å². The minimum atomic E-state index is -0.469. The molecule has 0 amide bonds. The first-order valence-corrected chi connectivity index (χ1v) is 4.45. The third-order valence-corrected chi connectivity index (χ3v) is 2.31. The molecule has 12 heavy (non-hydrogen) atoms. The zero-order valence-corrected chi connectivity index (χ0v) is 8.39. The molecule has 70 valence electrons. The summed E-state index contributed by atoms with van der Waals surface area (Å²) >= 11 is 0. The van der Waals surface area contributed by atoms with Crippen molar-refractivity contribution in [2.24, 2.45) is 0 Å². The monoisotopic (exact) mass is 170 g/mol. The highest BCUT2D eigenvalue weighted by Crippen LogP contribution is 2.38. The maximum Gasteiger partial charge on any atom is 0.164 e. The average Bonchev–Trinajstić information content (AvgIpc) is 2.22. The van der Waals surface area contributed by atoms with Gasteiger partial charge in [0.1, 0.15) is 5.60 Å². The second-order valence-electron chi connectivity index (χ2n) is 3.90. The largest absolute Gasteiger partial charge is 0.344 e. The van der Waals surface area contributed by atoms with Crippen LogP contribution in [0.5, 0.6) is 0 Å². The van der Waals surface area contributed by atoms with Gasteiger partial charge in [-0.2, -0.15) is 0 Å². The number of ether oxygens (including phenoxy) is 2. The maximum absolute atomic E-state index is 5.75. The highest BCUT2D eigenvalue weighted by atomic mass is 16.8. The van der Waals surface area contributed by atoms with Gasteiger partial charge in [-0.25, -0.2) is 0 Å². The lowest BCUT2D eigenvalue weighted by atomic mass is 9.98. The predicted octanol–water partition coefficient (Wildman–Crippen LogP) is 2.49. The molecule has 1 rings (SSSR count). The van der Waals surface area contributed by atoms with Crippen molar-refractivity contribution in [3.63, 3.8) is 0 Å². The van der Waals surface area contributed by atoms with Crippen molar-refractivity contribution >= 4 is 0 Å². The third kappa shape index (κ3) is 1.54. The van der Waals surface area contributed by atoms with Crippen LogP contribution in [0.25, 0.3) is 0 Å². The summed E-state index contributed by atoms with van der Waals surface area (Å²) < 4.78 is 11.5. The highest BCUT2D eigenvalue weighted by molar-refractivity contribution is 5.04. The number of rotatable bonds is 2. The van der Waals surface area contributed by atoms with Crippen LogP contribution in [0.15, 0.2) is 12.7 Å². The molecule has 0 bridgehead atoms. The first-order chi connectivity index (χ1) is 5.43. The fraction of sp³-hybridized carbons (Fsp3) is 0.800. The van der Waals surface area contributed by atoms with Gasteiger partial charge in [0, 0.05) is 0 Å². The molecular weight excluding hydrogens is 152 g/mol. The summed E-state index contributed by atoms with van der Waals surface area (Å²) in [5.74, 6) is -0.469. The van der Waals surface area contributed by atoms with E-state index < -0.39 is 5.79 Å². The Morgan fingerprint density at radius 1 is 1.42 bits per heavy atom. The molecule has 1 aliphatic rings. The van der Waals surface area contributed by atoms with Gasteiger partial charge in [0.05, 0.1) is 6.10 Å². The molecule has 0 radical (unpaired) electrons. The summed E-state index contributed by atoms with van der Waals surface area (Å²) in [6.07, 6.45) is 2.91. The van der Waals surface area contributed by atoms with Crippen molar-refractivity contribution < 1.29 is 9.47 Å². The Hall–Kier alpha value is -0.340. The molecule has 2 nitrogen and oxygen atoms in total. The molecule has 0 N–H and O–H groups in total. The normalized spacial score (nSPS) is 39.8. The smallest absolute Gasteiger partial charge is 0.164 e. The molecule has 2 heteroatoms. The summed E-state index contributed by atoms with van der Waals surface area (Å²) in [5, 5.41) is 0. The first-order valence-electron chi connectivity index (χ1n) is 4.45. The van der Waals surface area contributed by atoms with Gasteiger partial charge in [0.15, 0.2) is 5.79 Å². The van der Waals surface area contributed by atoms with Crippen molar-refractivity contribution in [2.75, 3.05) is 0 Å². The molecule has 0 saturated carbocycles. The van der Waals surface area contributed by atoms with E-state index in [-0.39, 0.29) is 11.7 Å². The van der Waals surface area contributed by atoms with Crippen LogP contribution in [0.3, 0.4) is 0 Å². The molecule has 0 aromatic heterocycles. The summed E-state index contributed by atoms with van der Waals surface area (Å²) in [7, 11) is 0. The molecule has 0 aliphatic carbocycles. The van der Waals surface area contributed by atoms with Crippen LogP contribution in [0.1, 0.15) is 34.1 Å². The van der Waals surface area contributed by atoms with E-state index in [2.05, 4.69) is 13.5 Å². The molecule has 0 aromatic carbocycles. The second-order valence-corrected chi connectivity index (χ2v) is 3.90. The van der Waals surface area contributed by atoms with Crippen LogP contribution >= 0.6 is 0 Å². The summed E-state index contributed by atoms with van der Waals surface area (Å²) in [4.78, 5) is 0. The standard InChI is InChI=1S/C10H18O2/c1-6-8-10(5,7-2)12-9(3,4)11-8/h7-8H,2,6H2,1,3-5H3/t8-,10+/m1/s1. The molecule has 0 spiro atoms. The zero-order chi connectivity index (χ0) is 9.41. The minimum Gasteiger partial charge on any atom is -0.344 e. The summed E-state index contributed by atoms with van der Waals surface area (Å²) in [5.41, 5.74) is -0.321. The Balaban J connectivity index is 2.82. The Labute approximate surface area is 74.6 Å². The van der Waals surface area contributed by atoms with Crippen LogP contribution in [0.2, 0.25) is 0 Å². The maximum atomic E-state index is 5.75. The molecule has 1 fully saturated rings. The van der Waals surface area contributed by atoms with Gasteiger partial charge < -0.3 is 9.47 Å². The van der Waals surface area contributed by atoms with Crippen LogP contribution in [0, 0.1) is 0 Å². The van der Waals surface area contributed by atoms with Crippen molar-refractivity contribution in [3.8, 4) is 0 Å². The fourth-order valence-electron chi connectivity index (χ4n) is 1.74. The van der Waals surface area contributed by atoms with Crippen LogP contribution in [0.4, 0.5) is 0 Å². The van der Waals surface area contributed by atoms with E-state index >= 15 is 0 Å². The van der Waals surface area contributed by atoms with E-state index in [0.717, 1.165) is 6.42 Å². The molecule has 2 atom stereocenters. The van der Waals surface area contributed by atoms with E-state index in [1.807, 2.05) is 26.8 Å². The van der Waals surface area contributed by atoms with Gasteiger partial charge in [-0.3, -0.25) is 0 Å².